The van der Waals surface area contributed by atoms with Crippen molar-refractivity contribution in [3.8, 4) is 0 Å². The lowest BCUT2D eigenvalue weighted by Gasteiger charge is -2.09. The van der Waals surface area contributed by atoms with Crippen molar-refractivity contribution in [2.75, 3.05) is 18.9 Å². The van der Waals surface area contributed by atoms with Gasteiger partial charge in [0.2, 0.25) is 10.0 Å². The minimum absolute atomic E-state index is 0.00342. The van der Waals surface area contributed by atoms with Crippen molar-refractivity contribution in [3.63, 3.8) is 0 Å². The summed E-state index contributed by atoms with van der Waals surface area (Å²) in [5.74, 6) is -1.32. The van der Waals surface area contributed by atoms with Crippen LogP contribution in [0.2, 0.25) is 0 Å². The van der Waals surface area contributed by atoms with Gasteiger partial charge in [-0.25, -0.2) is 17.5 Å². The van der Waals surface area contributed by atoms with E-state index in [0.717, 1.165) is 12.1 Å². The number of anilines is 1. The van der Waals surface area contributed by atoms with Gasteiger partial charge in [0.15, 0.2) is 0 Å². The van der Waals surface area contributed by atoms with E-state index in [-0.39, 0.29) is 36.2 Å². The molecule has 3 N–H and O–H groups in total. The van der Waals surface area contributed by atoms with Crippen LogP contribution in [0.5, 0.6) is 0 Å². The van der Waals surface area contributed by atoms with Crippen LogP contribution in [0.3, 0.4) is 0 Å². The summed E-state index contributed by atoms with van der Waals surface area (Å²) in [6, 6.07) is 2.02. The van der Waals surface area contributed by atoms with Gasteiger partial charge in [0, 0.05) is 23.1 Å². The van der Waals surface area contributed by atoms with Gasteiger partial charge < -0.3 is 10.5 Å². The number of carbonyl (C=O) groups excluding carboxylic acids is 1. The number of benzene rings is 1. The van der Waals surface area contributed by atoms with Gasteiger partial charge >= 0.3 is 5.97 Å². The molecule has 0 fully saturated rings. The fourth-order valence-corrected chi connectivity index (χ4v) is 2.98. The third kappa shape index (κ3) is 5.25. The SMILES string of the molecule is CCOC(=O)CCCNS(=O)(=O)c1cc(N)c(Br)cc1F. The highest BCUT2D eigenvalue weighted by Gasteiger charge is 2.20. The number of carbonyl (C=O) groups is 1. The minimum Gasteiger partial charge on any atom is -0.466 e. The Morgan fingerprint density at radius 1 is 1.48 bits per heavy atom. The number of esters is 1. The van der Waals surface area contributed by atoms with Crippen LogP contribution in [0, 0.1) is 5.82 Å². The van der Waals surface area contributed by atoms with Crippen LogP contribution >= 0.6 is 15.9 Å². The van der Waals surface area contributed by atoms with Gasteiger partial charge in [0.25, 0.3) is 0 Å². The highest BCUT2D eigenvalue weighted by Crippen LogP contribution is 2.25. The number of nitrogens with one attached hydrogen (secondary N) is 1. The Kier molecular flexibility index (Phi) is 6.56. The number of halogens is 2. The number of sulfonamides is 1. The van der Waals surface area contributed by atoms with Crippen molar-refractivity contribution < 1.29 is 22.3 Å². The Morgan fingerprint density at radius 2 is 2.14 bits per heavy atom. The molecule has 0 atom stereocenters. The first-order valence-corrected chi connectivity index (χ1v) is 8.45. The number of hydrogen-bond acceptors (Lipinski definition) is 5. The van der Waals surface area contributed by atoms with E-state index in [9.17, 15) is 17.6 Å². The standard InChI is InChI=1S/C12H16BrFN2O4S/c1-2-20-12(17)4-3-5-16-21(18,19)11-7-10(15)8(13)6-9(11)14/h6-7,16H,2-5,15H2,1H3. The molecule has 0 unspecified atom stereocenters. The Morgan fingerprint density at radius 3 is 2.76 bits per heavy atom. The molecule has 0 aromatic heterocycles. The maximum absolute atomic E-state index is 13.7. The maximum Gasteiger partial charge on any atom is 0.305 e. The predicted octanol–water partition coefficient (Wildman–Crippen LogP) is 1.79. The molecule has 0 saturated heterocycles. The molecule has 1 rings (SSSR count). The molecule has 118 valence electrons. The van der Waals surface area contributed by atoms with Crippen molar-refractivity contribution in [1.82, 2.24) is 4.72 Å². The summed E-state index contributed by atoms with van der Waals surface area (Å²) >= 11 is 3.01. The summed E-state index contributed by atoms with van der Waals surface area (Å²) in [4.78, 5) is 10.6. The summed E-state index contributed by atoms with van der Waals surface area (Å²) in [6.45, 7) is 1.95. The van der Waals surface area contributed by atoms with E-state index in [1.807, 2.05) is 0 Å². The molecule has 0 aliphatic heterocycles. The zero-order chi connectivity index (χ0) is 16.0. The third-order valence-electron chi connectivity index (χ3n) is 2.50. The van der Waals surface area contributed by atoms with Crippen molar-refractivity contribution in [2.45, 2.75) is 24.7 Å². The van der Waals surface area contributed by atoms with E-state index >= 15 is 0 Å². The van der Waals surface area contributed by atoms with Gasteiger partial charge in [-0.05, 0) is 41.4 Å². The first-order valence-electron chi connectivity index (χ1n) is 6.17. The first kappa shape index (κ1) is 17.9. The summed E-state index contributed by atoms with van der Waals surface area (Å²) in [5.41, 5.74) is 5.66. The van der Waals surface area contributed by atoms with Gasteiger partial charge in [-0.2, -0.15) is 0 Å². The van der Waals surface area contributed by atoms with E-state index in [4.69, 9.17) is 10.5 Å². The number of rotatable bonds is 7. The third-order valence-corrected chi connectivity index (χ3v) is 4.66. The first-order chi connectivity index (χ1) is 9.77. The van der Waals surface area contributed by atoms with Crippen LogP contribution in [-0.4, -0.2) is 27.5 Å². The monoisotopic (exact) mass is 382 g/mol. The number of ether oxygens (including phenoxy) is 1. The lowest BCUT2D eigenvalue weighted by molar-refractivity contribution is -0.143. The van der Waals surface area contributed by atoms with Gasteiger partial charge in [-0.15, -0.1) is 0 Å². The maximum atomic E-state index is 13.7. The lowest BCUT2D eigenvalue weighted by Crippen LogP contribution is -2.26. The summed E-state index contributed by atoms with van der Waals surface area (Å²) in [5, 5.41) is 0. The second-order valence-electron chi connectivity index (χ2n) is 4.11. The average molecular weight is 383 g/mol. The summed E-state index contributed by atoms with van der Waals surface area (Å²) < 4.78 is 44.8. The lowest BCUT2D eigenvalue weighted by atomic mass is 10.3. The molecule has 0 amide bonds. The highest BCUT2D eigenvalue weighted by atomic mass is 79.9. The highest BCUT2D eigenvalue weighted by molar-refractivity contribution is 9.10. The van der Waals surface area contributed by atoms with Crippen LogP contribution < -0.4 is 10.5 Å². The molecule has 6 nitrogen and oxygen atoms in total. The van der Waals surface area contributed by atoms with Crippen LogP contribution in [0.15, 0.2) is 21.5 Å². The average Bonchev–Trinajstić information content (AvgIpc) is 2.39. The van der Waals surface area contributed by atoms with Crippen LogP contribution in [0.25, 0.3) is 0 Å². The molecule has 1 aromatic rings. The van der Waals surface area contributed by atoms with Crippen molar-refractivity contribution >= 4 is 37.6 Å². The summed E-state index contributed by atoms with van der Waals surface area (Å²) in [7, 11) is -4.02. The van der Waals surface area contributed by atoms with Gasteiger partial charge in [-0.1, -0.05) is 0 Å². The molecule has 0 spiro atoms. The smallest absolute Gasteiger partial charge is 0.305 e. The molecule has 0 saturated carbocycles. The molecular weight excluding hydrogens is 367 g/mol. The molecule has 0 heterocycles. The van der Waals surface area contributed by atoms with E-state index in [1.54, 1.807) is 6.92 Å². The normalized spacial score (nSPS) is 11.4. The molecule has 1 aromatic carbocycles. The van der Waals surface area contributed by atoms with Gasteiger partial charge in [0.1, 0.15) is 10.7 Å². The largest absolute Gasteiger partial charge is 0.466 e. The van der Waals surface area contributed by atoms with Crippen LogP contribution in [0.1, 0.15) is 19.8 Å². The molecule has 9 heteroatoms. The Hall–Kier alpha value is -1.19. The van der Waals surface area contributed by atoms with E-state index in [0.29, 0.717) is 0 Å². The van der Waals surface area contributed by atoms with Crippen LogP contribution in [-0.2, 0) is 19.6 Å². The fraction of sp³-hybridized carbons (Fsp3) is 0.417. The van der Waals surface area contributed by atoms with Gasteiger partial charge in [0.05, 0.1) is 6.61 Å². The molecule has 0 bridgehead atoms. The second-order valence-corrected chi connectivity index (χ2v) is 6.70. The Bertz CT molecular complexity index is 622. The molecular formula is C12H16BrFN2O4S. The van der Waals surface area contributed by atoms with E-state index in [2.05, 4.69) is 20.7 Å². The Labute approximate surface area is 131 Å². The molecule has 0 aliphatic rings. The number of nitrogens with two attached hydrogens (primary N) is 1. The van der Waals surface area contributed by atoms with Crippen molar-refractivity contribution in [2.24, 2.45) is 0 Å². The fourth-order valence-electron chi connectivity index (χ4n) is 1.50. The number of nitrogen functional groups attached to an aromatic ring is 1. The topological polar surface area (TPSA) is 98.5 Å². The van der Waals surface area contributed by atoms with E-state index in [1.165, 1.54) is 0 Å². The Balaban J connectivity index is 2.66. The zero-order valence-corrected chi connectivity index (χ0v) is 13.8. The molecule has 21 heavy (non-hydrogen) atoms. The van der Waals surface area contributed by atoms with Crippen LogP contribution in [0.4, 0.5) is 10.1 Å². The molecule has 0 aliphatic carbocycles. The van der Waals surface area contributed by atoms with E-state index < -0.39 is 26.7 Å². The van der Waals surface area contributed by atoms with Crippen molar-refractivity contribution in [1.29, 1.82) is 0 Å². The zero-order valence-electron chi connectivity index (χ0n) is 11.4. The summed E-state index contributed by atoms with van der Waals surface area (Å²) in [6.07, 6.45) is 0.340. The predicted molar refractivity (Wildman–Crippen MR) is 79.6 cm³/mol. The second kappa shape index (κ2) is 7.71. The quantitative estimate of drug-likeness (QED) is 0.425. The minimum atomic E-state index is -4.02. The van der Waals surface area contributed by atoms with Crippen molar-refractivity contribution in [3.05, 3.63) is 22.4 Å². The molecule has 0 radical (unpaired) electrons. The van der Waals surface area contributed by atoms with Gasteiger partial charge in [-0.3, -0.25) is 4.79 Å². The number of hydrogen-bond donors (Lipinski definition) is 2.